The van der Waals surface area contributed by atoms with Crippen LogP contribution in [0, 0.1) is 11.7 Å². The molecule has 0 saturated heterocycles. The molecule has 0 bridgehead atoms. The summed E-state index contributed by atoms with van der Waals surface area (Å²) >= 11 is 0. The third-order valence-electron chi connectivity index (χ3n) is 3.12. The minimum atomic E-state index is -0.167. The molecule has 0 amide bonds. The Balaban J connectivity index is 0.00000112. The van der Waals surface area contributed by atoms with Crippen LogP contribution in [0.5, 0.6) is 0 Å². The number of hydrogen-bond acceptors (Lipinski definition) is 1. The quantitative estimate of drug-likeness (QED) is 0.844. The monoisotopic (exact) mass is 229 g/mol. The van der Waals surface area contributed by atoms with E-state index >= 15 is 0 Å². The van der Waals surface area contributed by atoms with Crippen molar-refractivity contribution in [3.05, 3.63) is 35.6 Å². The molecule has 3 heteroatoms. The molecule has 1 nitrogen and oxygen atoms in total. The minimum Gasteiger partial charge on any atom is -0.324 e. The molecule has 1 saturated carbocycles. The highest BCUT2D eigenvalue weighted by Crippen LogP contribution is 2.34. The zero-order chi connectivity index (χ0) is 9.97. The molecule has 0 spiro atoms. The summed E-state index contributed by atoms with van der Waals surface area (Å²) in [7, 11) is 0. The largest absolute Gasteiger partial charge is 0.324 e. The average molecular weight is 230 g/mol. The van der Waals surface area contributed by atoms with Gasteiger partial charge in [-0.05, 0) is 18.4 Å². The van der Waals surface area contributed by atoms with Gasteiger partial charge in [0.2, 0.25) is 0 Å². The smallest absolute Gasteiger partial charge is 0.127 e. The second kappa shape index (κ2) is 5.47. The number of benzene rings is 1. The summed E-state index contributed by atoms with van der Waals surface area (Å²) in [5.74, 6) is 0.559. The van der Waals surface area contributed by atoms with Gasteiger partial charge >= 0.3 is 0 Å². The lowest BCUT2D eigenvalue weighted by Gasteiger charge is -2.28. The zero-order valence-electron chi connectivity index (χ0n) is 8.66. The van der Waals surface area contributed by atoms with Crippen LogP contribution < -0.4 is 5.73 Å². The van der Waals surface area contributed by atoms with Crippen LogP contribution in [0.15, 0.2) is 24.3 Å². The van der Waals surface area contributed by atoms with Gasteiger partial charge in [0, 0.05) is 11.6 Å². The Morgan fingerprint density at radius 1 is 1.33 bits per heavy atom. The van der Waals surface area contributed by atoms with Crippen LogP contribution in [0.3, 0.4) is 0 Å². The first-order valence-electron chi connectivity index (χ1n) is 5.27. The summed E-state index contributed by atoms with van der Waals surface area (Å²) in [6, 6.07) is 6.70. The van der Waals surface area contributed by atoms with Gasteiger partial charge in [0.15, 0.2) is 0 Å². The van der Waals surface area contributed by atoms with Gasteiger partial charge in [-0.15, -0.1) is 12.4 Å². The first-order valence-corrected chi connectivity index (χ1v) is 5.27. The van der Waals surface area contributed by atoms with Crippen molar-refractivity contribution in [1.82, 2.24) is 0 Å². The topological polar surface area (TPSA) is 26.0 Å². The van der Waals surface area contributed by atoms with E-state index in [1.165, 1.54) is 25.3 Å². The van der Waals surface area contributed by atoms with Crippen molar-refractivity contribution >= 4 is 12.4 Å². The van der Waals surface area contributed by atoms with Crippen molar-refractivity contribution in [2.75, 3.05) is 0 Å². The van der Waals surface area contributed by atoms with Gasteiger partial charge in [-0.25, -0.2) is 4.39 Å². The molecule has 1 aliphatic rings. The molecule has 0 aliphatic heterocycles. The Morgan fingerprint density at radius 2 is 2.00 bits per heavy atom. The summed E-state index contributed by atoms with van der Waals surface area (Å²) in [5, 5.41) is 0. The molecule has 1 unspecified atom stereocenters. The maximum Gasteiger partial charge on any atom is 0.127 e. The van der Waals surface area contributed by atoms with Gasteiger partial charge in [0.1, 0.15) is 5.82 Å². The lowest BCUT2D eigenvalue weighted by molar-refractivity contribution is 0.275. The lowest BCUT2D eigenvalue weighted by Crippen LogP contribution is -2.20. The van der Waals surface area contributed by atoms with Crippen molar-refractivity contribution < 1.29 is 4.39 Å². The van der Waals surface area contributed by atoms with Crippen molar-refractivity contribution in [3.63, 3.8) is 0 Å². The van der Waals surface area contributed by atoms with Gasteiger partial charge in [0.25, 0.3) is 0 Å². The molecule has 84 valence electrons. The van der Waals surface area contributed by atoms with E-state index in [9.17, 15) is 4.39 Å². The van der Waals surface area contributed by atoms with Crippen LogP contribution in [0.4, 0.5) is 4.39 Å². The van der Waals surface area contributed by atoms with Gasteiger partial charge in [-0.2, -0.15) is 0 Å². The Bertz CT molecular complexity index is 312. The van der Waals surface area contributed by atoms with Gasteiger partial charge in [0.05, 0.1) is 0 Å². The fourth-order valence-electron chi connectivity index (χ4n) is 1.99. The molecule has 1 atom stereocenters. The third kappa shape index (κ3) is 2.93. The van der Waals surface area contributed by atoms with E-state index in [4.69, 9.17) is 5.73 Å². The molecule has 0 heterocycles. The first kappa shape index (κ1) is 12.5. The molecule has 2 rings (SSSR count). The van der Waals surface area contributed by atoms with Crippen molar-refractivity contribution in [2.24, 2.45) is 11.7 Å². The van der Waals surface area contributed by atoms with Crippen LogP contribution in [-0.2, 0) is 0 Å². The summed E-state index contributed by atoms with van der Waals surface area (Å²) in [4.78, 5) is 0. The molecule has 0 aromatic heterocycles. The number of hydrogen-bond donors (Lipinski definition) is 1. The lowest BCUT2D eigenvalue weighted by atomic mass is 9.80. The normalized spacial score (nSPS) is 17.7. The Hall–Kier alpha value is -0.600. The highest BCUT2D eigenvalue weighted by atomic mass is 35.5. The van der Waals surface area contributed by atoms with Crippen LogP contribution in [0.2, 0.25) is 0 Å². The number of rotatable bonds is 3. The second-order valence-electron chi connectivity index (χ2n) is 4.16. The maximum atomic E-state index is 13.3. The van der Waals surface area contributed by atoms with E-state index in [0.29, 0.717) is 5.56 Å². The van der Waals surface area contributed by atoms with Gasteiger partial charge < -0.3 is 5.73 Å². The SMILES string of the molecule is Cl.NC(CC1CCC1)c1ccccc1F. The number of nitrogens with two attached hydrogens (primary N) is 1. The van der Waals surface area contributed by atoms with Crippen LogP contribution in [-0.4, -0.2) is 0 Å². The van der Waals surface area contributed by atoms with E-state index in [1.807, 2.05) is 6.07 Å². The fraction of sp³-hybridized carbons (Fsp3) is 0.500. The summed E-state index contributed by atoms with van der Waals surface area (Å²) in [5.41, 5.74) is 6.63. The standard InChI is InChI=1S/C12H16FN.ClH/c13-11-7-2-1-6-10(11)12(14)8-9-4-3-5-9;/h1-2,6-7,9,12H,3-5,8,14H2;1H. The van der Waals surface area contributed by atoms with Gasteiger partial charge in [-0.3, -0.25) is 0 Å². The van der Waals surface area contributed by atoms with E-state index < -0.39 is 0 Å². The summed E-state index contributed by atoms with van der Waals surface area (Å²) < 4.78 is 13.3. The number of halogens is 2. The van der Waals surface area contributed by atoms with Crippen LogP contribution >= 0.6 is 12.4 Å². The summed E-state index contributed by atoms with van der Waals surface area (Å²) in [6.45, 7) is 0. The average Bonchev–Trinajstić information content (AvgIpc) is 2.12. The Morgan fingerprint density at radius 3 is 2.53 bits per heavy atom. The molecule has 1 aromatic rings. The predicted molar refractivity (Wildman–Crippen MR) is 62.5 cm³/mol. The predicted octanol–water partition coefficient (Wildman–Crippen LogP) is 3.44. The second-order valence-corrected chi connectivity index (χ2v) is 4.16. The highest BCUT2D eigenvalue weighted by Gasteiger charge is 2.22. The molecule has 2 N–H and O–H groups in total. The van der Waals surface area contributed by atoms with Crippen LogP contribution in [0.1, 0.15) is 37.3 Å². The Labute approximate surface area is 96.3 Å². The molecular weight excluding hydrogens is 213 g/mol. The first-order chi connectivity index (χ1) is 6.77. The van der Waals surface area contributed by atoms with Crippen molar-refractivity contribution in [1.29, 1.82) is 0 Å². The third-order valence-corrected chi connectivity index (χ3v) is 3.12. The highest BCUT2D eigenvalue weighted by molar-refractivity contribution is 5.85. The molecule has 0 radical (unpaired) electrons. The van der Waals surface area contributed by atoms with Crippen molar-refractivity contribution in [3.8, 4) is 0 Å². The van der Waals surface area contributed by atoms with E-state index in [0.717, 1.165) is 12.3 Å². The van der Waals surface area contributed by atoms with E-state index in [1.54, 1.807) is 12.1 Å². The molecule has 1 aliphatic carbocycles. The molecule has 15 heavy (non-hydrogen) atoms. The molecule has 1 aromatic carbocycles. The molecular formula is C12H17ClFN. The van der Waals surface area contributed by atoms with E-state index in [-0.39, 0.29) is 24.3 Å². The summed E-state index contributed by atoms with van der Waals surface area (Å²) in [6.07, 6.45) is 4.78. The zero-order valence-corrected chi connectivity index (χ0v) is 9.47. The van der Waals surface area contributed by atoms with Crippen LogP contribution in [0.25, 0.3) is 0 Å². The minimum absolute atomic E-state index is 0. The fourth-order valence-corrected chi connectivity index (χ4v) is 1.99. The molecule has 1 fully saturated rings. The maximum absolute atomic E-state index is 13.3. The Kier molecular flexibility index (Phi) is 4.55. The van der Waals surface area contributed by atoms with E-state index in [2.05, 4.69) is 0 Å². The van der Waals surface area contributed by atoms with Crippen molar-refractivity contribution in [2.45, 2.75) is 31.7 Å². The van der Waals surface area contributed by atoms with Gasteiger partial charge in [-0.1, -0.05) is 37.5 Å².